The van der Waals surface area contributed by atoms with E-state index in [1.165, 1.54) is 0 Å². The molecular formula is C12H11ClF3N5OS. The lowest BCUT2D eigenvalue weighted by atomic mass is 10.2. The Morgan fingerprint density at radius 1 is 1.35 bits per heavy atom. The van der Waals surface area contributed by atoms with Gasteiger partial charge < -0.3 is 11.2 Å². The lowest BCUT2D eigenvalue weighted by Gasteiger charge is -2.08. The molecule has 3 N–H and O–H groups in total. The van der Waals surface area contributed by atoms with Gasteiger partial charge in [0.25, 0.3) is 0 Å². The smallest absolute Gasteiger partial charge is 0.346 e. The van der Waals surface area contributed by atoms with Crippen LogP contribution in [0.4, 0.5) is 13.2 Å². The molecule has 2 rings (SSSR count). The number of halogens is 4. The van der Waals surface area contributed by atoms with Crippen LogP contribution in [0.1, 0.15) is 0 Å². The molecule has 23 heavy (non-hydrogen) atoms. The fourth-order valence-electron chi connectivity index (χ4n) is 1.58. The zero-order valence-corrected chi connectivity index (χ0v) is 13.0. The Kier molecular flexibility index (Phi) is 5.37. The van der Waals surface area contributed by atoms with Gasteiger partial charge >= 0.3 is 6.18 Å². The van der Waals surface area contributed by atoms with Gasteiger partial charge in [-0.15, -0.1) is 10.2 Å². The van der Waals surface area contributed by atoms with Gasteiger partial charge in [-0.2, -0.15) is 13.2 Å². The van der Waals surface area contributed by atoms with Crippen LogP contribution >= 0.6 is 23.4 Å². The van der Waals surface area contributed by atoms with Crippen molar-refractivity contribution in [3.05, 3.63) is 29.3 Å². The summed E-state index contributed by atoms with van der Waals surface area (Å²) in [5.41, 5.74) is 0.553. The average Bonchev–Trinajstić information content (AvgIpc) is 2.84. The van der Waals surface area contributed by atoms with Crippen LogP contribution in [0.2, 0.25) is 5.02 Å². The van der Waals surface area contributed by atoms with Gasteiger partial charge in [-0.3, -0.25) is 4.79 Å². The highest BCUT2D eigenvalue weighted by atomic mass is 35.5. The molecule has 0 aliphatic rings. The highest BCUT2D eigenvalue weighted by Crippen LogP contribution is 2.27. The van der Waals surface area contributed by atoms with E-state index in [4.69, 9.17) is 17.4 Å². The molecule has 1 aromatic heterocycles. The predicted molar refractivity (Wildman–Crippen MR) is 80.4 cm³/mol. The molecule has 0 radical (unpaired) electrons. The van der Waals surface area contributed by atoms with Crippen LogP contribution in [0.25, 0.3) is 11.4 Å². The molecule has 2 aromatic rings. The lowest BCUT2D eigenvalue weighted by molar-refractivity contribution is -0.136. The number of carbonyl (C=O) groups excluding carboxylic acids is 1. The summed E-state index contributed by atoms with van der Waals surface area (Å²) in [5, 5.41) is 10.0. The van der Waals surface area contributed by atoms with E-state index in [1.54, 1.807) is 29.6 Å². The summed E-state index contributed by atoms with van der Waals surface area (Å²) in [5.74, 6) is 5.07. The van der Waals surface area contributed by atoms with E-state index in [-0.39, 0.29) is 16.7 Å². The minimum atomic E-state index is -4.45. The van der Waals surface area contributed by atoms with Gasteiger partial charge in [0.05, 0.1) is 10.8 Å². The van der Waals surface area contributed by atoms with E-state index in [1.807, 2.05) is 0 Å². The van der Waals surface area contributed by atoms with Crippen molar-refractivity contribution in [3.8, 4) is 11.4 Å². The Hall–Kier alpha value is -1.94. The molecule has 0 spiro atoms. The number of nitrogen functional groups attached to an aromatic ring is 1. The molecular weight excluding hydrogens is 355 g/mol. The van der Waals surface area contributed by atoms with Gasteiger partial charge in [0.1, 0.15) is 6.54 Å². The lowest BCUT2D eigenvalue weighted by Crippen LogP contribution is -2.34. The van der Waals surface area contributed by atoms with Gasteiger partial charge in [0.15, 0.2) is 5.82 Å². The van der Waals surface area contributed by atoms with Crippen LogP contribution in [-0.2, 0) is 4.79 Å². The second kappa shape index (κ2) is 7.09. The van der Waals surface area contributed by atoms with Crippen molar-refractivity contribution in [1.29, 1.82) is 0 Å². The molecule has 0 saturated carbocycles. The van der Waals surface area contributed by atoms with E-state index in [0.29, 0.717) is 10.6 Å². The third-order valence-electron chi connectivity index (χ3n) is 2.60. The minimum Gasteiger partial charge on any atom is -0.346 e. The first-order valence-corrected chi connectivity index (χ1v) is 7.56. The number of aromatic nitrogens is 3. The van der Waals surface area contributed by atoms with Crippen molar-refractivity contribution in [3.63, 3.8) is 0 Å². The molecule has 0 atom stereocenters. The number of hydrogen-bond acceptors (Lipinski definition) is 5. The molecule has 1 aromatic carbocycles. The Labute approximate surface area is 138 Å². The van der Waals surface area contributed by atoms with E-state index < -0.39 is 18.6 Å². The molecule has 0 bridgehead atoms. The minimum absolute atomic E-state index is 0.182. The maximum absolute atomic E-state index is 12.0. The highest BCUT2D eigenvalue weighted by Gasteiger charge is 2.27. The zero-order valence-electron chi connectivity index (χ0n) is 11.5. The monoisotopic (exact) mass is 365 g/mol. The molecule has 0 saturated heterocycles. The van der Waals surface area contributed by atoms with Crippen molar-refractivity contribution in [1.82, 2.24) is 20.2 Å². The van der Waals surface area contributed by atoms with E-state index in [2.05, 4.69) is 10.2 Å². The first-order chi connectivity index (χ1) is 10.8. The number of nitrogens with one attached hydrogen (secondary N) is 1. The summed E-state index contributed by atoms with van der Waals surface area (Å²) in [4.78, 5) is 11.4. The van der Waals surface area contributed by atoms with Crippen LogP contribution in [0.15, 0.2) is 29.4 Å². The molecule has 1 amide bonds. The standard InChI is InChI=1S/C12H11ClF3N5OS/c13-8-4-2-1-3-7(8)10-19-20-11(21(10)17)23-5-9(22)18-6-12(14,15)16/h1-4H,5-6,17H2,(H,18,22). The molecule has 6 nitrogen and oxygen atoms in total. The fraction of sp³-hybridized carbons (Fsp3) is 0.250. The first kappa shape index (κ1) is 17.4. The van der Waals surface area contributed by atoms with Crippen LogP contribution in [-0.4, -0.2) is 39.3 Å². The Morgan fingerprint density at radius 3 is 2.70 bits per heavy atom. The van der Waals surface area contributed by atoms with Crippen LogP contribution in [0, 0.1) is 0 Å². The van der Waals surface area contributed by atoms with E-state index >= 15 is 0 Å². The summed E-state index contributed by atoms with van der Waals surface area (Å²) < 4.78 is 37.1. The first-order valence-electron chi connectivity index (χ1n) is 6.19. The largest absolute Gasteiger partial charge is 0.405 e. The Balaban J connectivity index is 2.01. The molecule has 0 unspecified atom stereocenters. The number of rotatable bonds is 5. The normalized spacial score (nSPS) is 11.5. The summed E-state index contributed by atoms with van der Waals surface area (Å²) >= 11 is 6.91. The third kappa shape index (κ3) is 4.76. The van der Waals surface area contributed by atoms with Crippen LogP contribution < -0.4 is 11.2 Å². The van der Waals surface area contributed by atoms with Crippen molar-refractivity contribution < 1.29 is 18.0 Å². The van der Waals surface area contributed by atoms with Crippen molar-refractivity contribution in [2.75, 3.05) is 18.1 Å². The number of amides is 1. The highest BCUT2D eigenvalue weighted by molar-refractivity contribution is 7.99. The summed E-state index contributed by atoms with van der Waals surface area (Å²) in [6, 6.07) is 6.83. The quantitative estimate of drug-likeness (QED) is 0.626. The zero-order chi connectivity index (χ0) is 17.0. The van der Waals surface area contributed by atoms with Crippen molar-refractivity contribution >= 4 is 29.3 Å². The second-order valence-electron chi connectivity index (χ2n) is 4.34. The number of thioether (sulfide) groups is 1. The van der Waals surface area contributed by atoms with E-state index in [9.17, 15) is 18.0 Å². The molecule has 0 aliphatic carbocycles. The number of carbonyl (C=O) groups is 1. The number of hydrogen-bond donors (Lipinski definition) is 2. The summed E-state index contributed by atoms with van der Waals surface area (Å²) in [7, 11) is 0. The van der Waals surface area contributed by atoms with Gasteiger partial charge in [-0.05, 0) is 12.1 Å². The summed E-state index contributed by atoms with van der Waals surface area (Å²) in [6.07, 6.45) is -4.45. The average molecular weight is 366 g/mol. The molecule has 124 valence electrons. The van der Waals surface area contributed by atoms with Gasteiger partial charge in [-0.1, -0.05) is 35.5 Å². The number of benzene rings is 1. The molecule has 11 heteroatoms. The van der Waals surface area contributed by atoms with Crippen molar-refractivity contribution in [2.45, 2.75) is 11.3 Å². The van der Waals surface area contributed by atoms with Crippen molar-refractivity contribution in [2.24, 2.45) is 0 Å². The van der Waals surface area contributed by atoms with Gasteiger partial charge in [0, 0.05) is 5.56 Å². The Bertz CT molecular complexity index is 706. The second-order valence-corrected chi connectivity index (χ2v) is 5.69. The van der Waals surface area contributed by atoms with Gasteiger partial charge in [-0.25, -0.2) is 4.68 Å². The number of nitrogens with zero attached hydrogens (tertiary/aromatic N) is 3. The number of alkyl halides is 3. The maximum Gasteiger partial charge on any atom is 0.405 e. The topological polar surface area (TPSA) is 85.8 Å². The molecule has 1 heterocycles. The molecule has 0 aliphatic heterocycles. The SMILES string of the molecule is Nn1c(SCC(=O)NCC(F)(F)F)nnc1-c1ccccc1Cl. The van der Waals surface area contributed by atoms with Gasteiger partial charge in [0.2, 0.25) is 11.1 Å². The van der Waals surface area contributed by atoms with Crippen LogP contribution in [0.5, 0.6) is 0 Å². The number of nitrogens with two attached hydrogens (primary N) is 1. The fourth-order valence-corrected chi connectivity index (χ4v) is 2.49. The predicted octanol–water partition coefficient (Wildman–Crippen LogP) is 2.08. The Morgan fingerprint density at radius 2 is 2.04 bits per heavy atom. The van der Waals surface area contributed by atoms with Crippen LogP contribution in [0.3, 0.4) is 0 Å². The maximum atomic E-state index is 12.0. The third-order valence-corrected chi connectivity index (χ3v) is 3.87. The molecule has 0 fully saturated rings. The summed E-state index contributed by atoms with van der Waals surface area (Å²) in [6.45, 7) is -1.38. The van der Waals surface area contributed by atoms with E-state index in [0.717, 1.165) is 16.4 Å².